The van der Waals surface area contributed by atoms with Crippen LogP contribution in [0.25, 0.3) is 0 Å². The molecule has 42 heavy (non-hydrogen) atoms. The fourth-order valence-electron chi connectivity index (χ4n) is 4.99. The van der Waals surface area contributed by atoms with Gasteiger partial charge in [0.25, 0.3) is 0 Å². The summed E-state index contributed by atoms with van der Waals surface area (Å²) in [4.78, 5) is 35.9. The van der Waals surface area contributed by atoms with Gasteiger partial charge < -0.3 is 30.1 Å². The van der Waals surface area contributed by atoms with Gasteiger partial charge in [-0.1, -0.05) is 6.07 Å². The van der Waals surface area contributed by atoms with E-state index in [4.69, 9.17) is 14.5 Å². The molecular formula is C30H43F2N5O5. The average Bonchev–Trinajstić information content (AvgIpc) is 2.99. The van der Waals surface area contributed by atoms with Gasteiger partial charge >= 0.3 is 5.97 Å². The van der Waals surface area contributed by atoms with Gasteiger partial charge in [-0.2, -0.15) is 0 Å². The number of nitrogens with zero attached hydrogens (tertiary/aromatic N) is 3. The topological polar surface area (TPSA) is 126 Å². The van der Waals surface area contributed by atoms with Crippen molar-refractivity contribution in [1.29, 1.82) is 0 Å². The number of aryl methyl sites for hydroxylation is 2. The number of aliphatic carboxylic acids is 1. The Morgan fingerprint density at radius 1 is 1.24 bits per heavy atom. The first-order valence-corrected chi connectivity index (χ1v) is 14.4. The van der Waals surface area contributed by atoms with E-state index < -0.39 is 41.9 Å². The van der Waals surface area contributed by atoms with Crippen LogP contribution in [0.2, 0.25) is 0 Å². The van der Waals surface area contributed by atoms with Crippen molar-refractivity contribution in [2.75, 3.05) is 52.4 Å². The molecule has 0 radical (unpaired) electrons. The van der Waals surface area contributed by atoms with Crippen molar-refractivity contribution in [2.45, 2.75) is 69.9 Å². The lowest BCUT2D eigenvalue weighted by atomic mass is 9.83. The second kappa shape index (κ2) is 15.7. The number of anilines is 1. The minimum atomic E-state index is -1.33. The van der Waals surface area contributed by atoms with Crippen LogP contribution in [0.4, 0.5) is 14.6 Å². The maximum atomic E-state index is 13.9. The van der Waals surface area contributed by atoms with Crippen molar-refractivity contribution in [2.24, 2.45) is 0 Å². The van der Waals surface area contributed by atoms with Crippen LogP contribution in [0.1, 0.15) is 56.4 Å². The molecule has 10 nitrogen and oxygen atoms in total. The first kappa shape index (κ1) is 33.1. The summed E-state index contributed by atoms with van der Waals surface area (Å²) >= 11 is 0. The summed E-state index contributed by atoms with van der Waals surface area (Å²) < 4.78 is 37.9. The molecule has 0 saturated heterocycles. The van der Waals surface area contributed by atoms with Crippen molar-refractivity contribution in [3.05, 3.63) is 47.0 Å². The number of aromatic nitrogens is 2. The Labute approximate surface area is 246 Å². The van der Waals surface area contributed by atoms with Crippen LogP contribution >= 0.6 is 0 Å². The van der Waals surface area contributed by atoms with E-state index in [-0.39, 0.29) is 24.4 Å². The zero-order valence-corrected chi connectivity index (χ0v) is 24.9. The number of unbranched alkanes of at least 4 members (excludes halogenated alkanes) is 1. The summed E-state index contributed by atoms with van der Waals surface area (Å²) in [5.41, 5.74) is 1.12. The highest BCUT2D eigenvalue weighted by molar-refractivity contribution is 5.91. The van der Waals surface area contributed by atoms with Crippen molar-refractivity contribution >= 4 is 17.7 Å². The maximum absolute atomic E-state index is 13.9. The minimum absolute atomic E-state index is 0.0771. The number of pyridine rings is 2. The Bertz CT molecular complexity index is 1190. The number of rotatable bonds is 17. The predicted molar refractivity (Wildman–Crippen MR) is 155 cm³/mol. The Morgan fingerprint density at radius 3 is 2.71 bits per heavy atom. The van der Waals surface area contributed by atoms with Crippen LogP contribution in [0.5, 0.6) is 5.88 Å². The first-order valence-electron chi connectivity index (χ1n) is 14.4. The summed E-state index contributed by atoms with van der Waals surface area (Å²) in [6, 6.07) is 4.12. The van der Waals surface area contributed by atoms with Gasteiger partial charge in [-0.25, -0.2) is 23.5 Å². The van der Waals surface area contributed by atoms with Crippen LogP contribution in [-0.2, 0) is 32.6 Å². The number of hydrogen-bond donors (Lipinski definition) is 3. The number of carboxylic acids is 1. The summed E-state index contributed by atoms with van der Waals surface area (Å²) in [5, 5.41) is 15.8. The van der Waals surface area contributed by atoms with Gasteiger partial charge in [0, 0.05) is 38.0 Å². The van der Waals surface area contributed by atoms with Crippen LogP contribution in [0.3, 0.4) is 0 Å². The van der Waals surface area contributed by atoms with E-state index >= 15 is 0 Å². The zero-order chi connectivity index (χ0) is 30.7. The zero-order valence-electron chi connectivity index (χ0n) is 24.9. The highest BCUT2D eigenvalue weighted by Gasteiger charge is 2.36. The van der Waals surface area contributed by atoms with Gasteiger partial charge in [-0.05, 0) is 76.6 Å². The quantitative estimate of drug-likeness (QED) is 0.237. The number of fused-ring (bicyclic) bond motifs is 1. The molecule has 1 aliphatic rings. The number of nitrogens with one attached hydrogen (secondary N) is 2. The number of hydrogen-bond acceptors (Lipinski definition) is 8. The lowest BCUT2D eigenvalue weighted by Gasteiger charge is -2.29. The molecule has 1 amide bonds. The number of halogens is 2. The van der Waals surface area contributed by atoms with E-state index in [0.717, 1.165) is 62.4 Å². The second-order valence-electron chi connectivity index (χ2n) is 11.1. The molecule has 232 valence electrons. The Kier molecular flexibility index (Phi) is 12.4. The molecule has 1 aliphatic heterocycles. The van der Waals surface area contributed by atoms with E-state index in [9.17, 15) is 23.5 Å². The standard InChI is InChI=1S/C30H43F2N5O5/c1-30(2,24-16-21(32)18-34-27(24)42-4)29(40)36-25(28(38)39)12-15-37(19-23(17-31)41-3)14-6-5-9-22-11-10-20-8-7-13-33-26(20)35-22/h10-11,16,18,23,25H,5-9,12-15,17,19H2,1-4H3,(H,33,35)(H,36,40)(H,38,39). The fraction of sp³-hybridized carbons (Fsp3) is 0.600. The van der Waals surface area contributed by atoms with Crippen molar-refractivity contribution in [3.8, 4) is 5.88 Å². The molecule has 2 unspecified atom stereocenters. The van der Waals surface area contributed by atoms with Crippen LogP contribution in [0, 0.1) is 5.82 Å². The van der Waals surface area contributed by atoms with E-state index in [1.807, 2.05) is 4.90 Å². The van der Waals surface area contributed by atoms with E-state index in [2.05, 4.69) is 27.8 Å². The predicted octanol–water partition coefficient (Wildman–Crippen LogP) is 3.53. The van der Waals surface area contributed by atoms with Crippen molar-refractivity contribution in [1.82, 2.24) is 20.2 Å². The third-order valence-electron chi connectivity index (χ3n) is 7.67. The summed E-state index contributed by atoms with van der Waals surface area (Å²) in [7, 11) is 2.80. The Hall–Kier alpha value is -3.38. The highest BCUT2D eigenvalue weighted by atomic mass is 19.1. The smallest absolute Gasteiger partial charge is 0.326 e. The molecule has 0 aromatic carbocycles. The lowest BCUT2D eigenvalue weighted by Crippen LogP contribution is -2.50. The monoisotopic (exact) mass is 591 g/mol. The number of amides is 1. The molecule has 0 spiro atoms. The molecule has 2 aromatic rings. The third-order valence-corrected chi connectivity index (χ3v) is 7.67. The number of carbonyl (C=O) groups is 2. The van der Waals surface area contributed by atoms with E-state index in [1.165, 1.54) is 19.8 Å². The molecule has 3 heterocycles. The van der Waals surface area contributed by atoms with Gasteiger partial charge in [-0.3, -0.25) is 4.79 Å². The molecule has 0 aliphatic carbocycles. The molecule has 3 N–H and O–H groups in total. The number of methoxy groups -OCH3 is 2. The molecule has 2 atom stereocenters. The summed E-state index contributed by atoms with van der Waals surface area (Å²) in [5.74, 6) is -1.42. The molecule has 0 bridgehead atoms. The first-order chi connectivity index (χ1) is 20.1. The van der Waals surface area contributed by atoms with Gasteiger partial charge in [0.15, 0.2) is 0 Å². The lowest BCUT2D eigenvalue weighted by molar-refractivity contribution is -0.143. The molecule has 0 fully saturated rings. The largest absolute Gasteiger partial charge is 0.481 e. The highest BCUT2D eigenvalue weighted by Crippen LogP contribution is 2.31. The minimum Gasteiger partial charge on any atom is -0.481 e. The van der Waals surface area contributed by atoms with Gasteiger partial charge in [0.05, 0.1) is 24.8 Å². The maximum Gasteiger partial charge on any atom is 0.326 e. The van der Waals surface area contributed by atoms with Crippen LogP contribution in [-0.4, -0.2) is 91.1 Å². The fourth-order valence-corrected chi connectivity index (χ4v) is 4.99. The summed E-state index contributed by atoms with van der Waals surface area (Å²) in [6.07, 6.45) is 4.99. The Morgan fingerprint density at radius 2 is 2.02 bits per heavy atom. The molecule has 0 saturated carbocycles. The normalized spacial score (nSPS) is 14.5. The van der Waals surface area contributed by atoms with Crippen molar-refractivity contribution in [3.63, 3.8) is 0 Å². The number of alkyl halides is 1. The van der Waals surface area contributed by atoms with E-state index in [0.29, 0.717) is 13.1 Å². The molecule has 12 heteroatoms. The third kappa shape index (κ3) is 9.06. The van der Waals surface area contributed by atoms with Crippen molar-refractivity contribution < 1.29 is 33.0 Å². The number of carboxylic acid groups (broad SMARTS) is 1. The number of carbonyl (C=O) groups excluding carboxylic acids is 1. The molecule has 2 aromatic heterocycles. The molecular weight excluding hydrogens is 548 g/mol. The second-order valence-corrected chi connectivity index (χ2v) is 11.1. The average molecular weight is 592 g/mol. The van der Waals surface area contributed by atoms with Crippen LogP contribution in [0.15, 0.2) is 24.4 Å². The van der Waals surface area contributed by atoms with Gasteiger partial charge in [-0.15, -0.1) is 0 Å². The molecule has 3 rings (SSSR count). The van der Waals surface area contributed by atoms with E-state index in [1.54, 1.807) is 13.8 Å². The van der Waals surface area contributed by atoms with Crippen LogP contribution < -0.4 is 15.4 Å². The summed E-state index contributed by atoms with van der Waals surface area (Å²) in [6.45, 7) is 4.53. The number of ether oxygens (including phenoxy) is 2. The van der Waals surface area contributed by atoms with Gasteiger partial charge in [0.1, 0.15) is 24.4 Å². The van der Waals surface area contributed by atoms with Gasteiger partial charge in [0.2, 0.25) is 11.8 Å². The Balaban J connectivity index is 1.60. The SMILES string of the molecule is COc1ncc(F)cc1C(C)(C)C(=O)NC(CCN(CCCCc1ccc2c(n1)NCCC2)CC(CF)OC)C(=O)O.